The summed E-state index contributed by atoms with van der Waals surface area (Å²) in [6.07, 6.45) is 8.18. The quantitative estimate of drug-likeness (QED) is 0.664. The second-order valence-corrected chi connectivity index (χ2v) is 7.50. The van der Waals surface area contributed by atoms with Gasteiger partial charge in [-0.2, -0.15) is 0 Å². The number of benzene rings is 2. The van der Waals surface area contributed by atoms with Crippen molar-refractivity contribution in [3.63, 3.8) is 0 Å². The maximum absolute atomic E-state index is 12.8. The lowest BCUT2D eigenvalue weighted by atomic mass is 9.77. The molecule has 1 aliphatic carbocycles. The number of fused-ring (bicyclic) bond motifs is 1. The van der Waals surface area contributed by atoms with Crippen LogP contribution in [0, 0.1) is 0 Å². The third-order valence-corrected chi connectivity index (χ3v) is 5.42. The van der Waals surface area contributed by atoms with Crippen molar-refractivity contribution < 1.29 is 4.79 Å². The van der Waals surface area contributed by atoms with E-state index in [4.69, 9.17) is 0 Å². The number of hydrogen-bond acceptors (Lipinski definition) is 2. The molecule has 1 fully saturated rings. The SMILES string of the molecule is O=C(Nc1cnc2ccccc2c1)NC1(Cc2ccccc2)CCCCC1. The normalized spacial score (nSPS) is 16.0. The first-order valence-electron chi connectivity index (χ1n) is 9.70. The van der Waals surface area contributed by atoms with Gasteiger partial charge in [-0.15, -0.1) is 0 Å². The van der Waals surface area contributed by atoms with Crippen molar-refractivity contribution in [3.05, 3.63) is 72.4 Å². The van der Waals surface area contributed by atoms with E-state index in [9.17, 15) is 4.79 Å². The van der Waals surface area contributed by atoms with Crippen molar-refractivity contribution in [3.8, 4) is 0 Å². The highest BCUT2D eigenvalue weighted by Gasteiger charge is 2.33. The van der Waals surface area contributed by atoms with Gasteiger partial charge in [0.15, 0.2) is 0 Å². The van der Waals surface area contributed by atoms with Crippen LogP contribution in [-0.2, 0) is 6.42 Å². The molecule has 4 rings (SSSR count). The number of urea groups is 1. The molecule has 1 aromatic heterocycles. The average molecular weight is 359 g/mol. The van der Waals surface area contributed by atoms with Crippen LogP contribution < -0.4 is 10.6 Å². The van der Waals surface area contributed by atoms with Crippen LogP contribution in [-0.4, -0.2) is 16.6 Å². The summed E-state index contributed by atoms with van der Waals surface area (Å²) in [5.74, 6) is 0. The first kappa shape index (κ1) is 17.5. The van der Waals surface area contributed by atoms with Crippen molar-refractivity contribution in [2.24, 2.45) is 0 Å². The number of para-hydroxylation sites is 1. The summed E-state index contributed by atoms with van der Waals surface area (Å²) in [7, 11) is 0. The van der Waals surface area contributed by atoms with Crippen LogP contribution in [0.1, 0.15) is 37.7 Å². The number of nitrogens with zero attached hydrogens (tertiary/aromatic N) is 1. The number of carbonyl (C=O) groups excluding carboxylic acids is 1. The van der Waals surface area contributed by atoms with E-state index >= 15 is 0 Å². The van der Waals surface area contributed by atoms with Crippen LogP contribution in [0.5, 0.6) is 0 Å². The van der Waals surface area contributed by atoms with Gasteiger partial charge in [0.1, 0.15) is 0 Å². The summed E-state index contributed by atoms with van der Waals surface area (Å²) < 4.78 is 0. The number of anilines is 1. The van der Waals surface area contributed by atoms with Crippen molar-refractivity contribution >= 4 is 22.6 Å². The zero-order valence-corrected chi connectivity index (χ0v) is 15.4. The number of pyridine rings is 1. The zero-order chi connectivity index (χ0) is 18.5. The van der Waals surface area contributed by atoms with E-state index in [0.29, 0.717) is 0 Å². The van der Waals surface area contributed by atoms with Gasteiger partial charge in [-0.1, -0.05) is 67.8 Å². The van der Waals surface area contributed by atoms with Gasteiger partial charge in [-0.3, -0.25) is 4.98 Å². The Balaban J connectivity index is 1.49. The highest BCUT2D eigenvalue weighted by molar-refractivity contribution is 5.92. The average Bonchev–Trinajstić information content (AvgIpc) is 2.69. The second kappa shape index (κ2) is 7.78. The van der Waals surface area contributed by atoms with E-state index < -0.39 is 0 Å². The molecule has 0 atom stereocenters. The largest absolute Gasteiger partial charge is 0.332 e. The van der Waals surface area contributed by atoms with Crippen molar-refractivity contribution in [1.82, 2.24) is 10.3 Å². The number of aromatic nitrogens is 1. The molecule has 2 N–H and O–H groups in total. The summed E-state index contributed by atoms with van der Waals surface area (Å²) in [5.41, 5.74) is 2.74. The monoisotopic (exact) mass is 359 g/mol. The minimum absolute atomic E-state index is 0.148. The molecule has 0 saturated heterocycles. The first-order chi connectivity index (χ1) is 13.2. The van der Waals surface area contributed by atoms with E-state index in [-0.39, 0.29) is 11.6 Å². The van der Waals surface area contributed by atoms with E-state index in [1.165, 1.54) is 12.0 Å². The fraction of sp³-hybridized carbons (Fsp3) is 0.304. The van der Waals surface area contributed by atoms with Crippen molar-refractivity contribution in [2.75, 3.05) is 5.32 Å². The molecule has 138 valence electrons. The molecule has 0 aliphatic heterocycles. The summed E-state index contributed by atoms with van der Waals surface area (Å²) in [6.45, 7) is 0. The maximum Gasteiger partial charge on any atom is 0.319 e. The van der Waals surface area contributed by atoms with Crippen LogP contribution in [0.25, 0.3) is 10.9 Å². The fourth-order valence-electron chi connectivity index (χ4n) is 4.10. The predicted octanol–water partition coefficient (Wildman–Crippen LogP) is 5.30. The fourth-order valence-corrected chi connectivity index (χ4v) is 4.10. The van der Waals surface area contributed by atoms with E-state index in [1.807, 2.05) is 36.4 Å². The van der Waals surface area contributed by atoms with Crippen LogP contribution >= 0.6 is 0 Å². The topological polar surface area (TPSA) is 54.0 Å². The molecule has 4 heteroatoms. The molecule has 0 unspecified atom stereocenters. The molecule has 2 aromatic carbocycles. The van der Waals surface area contributed by atoms with Gasteiger partial charge in [0.25, 0.3) is 0 Å². The number of hydrogen-bond donors (Lipinski definition) is 2. The van der Waals surface area contributed by atoms with Crippen LogP contribution in [0.4, 0.5) is 10.5 Å². The smallest absolute Gasteiger partial charge is 0.319 e. The molecule has 1 saturated carbocycles. The van der Waals surface area contributed by atoms with Gasteiger partial charge in [-0.25, -0.2) is 4.79 Å². The van der Waals surface area contributed by atoms with E-state index in [2.05, 4.69) is 39.9 Å². The van der Waals surface area contributed by atoms with Gasteiger partial charge in [0.05, 0.1) is 17.4 Å². The third-order valence-electron chi connectivity index (χ3n) is 5.42. The van der Waals surface area contributed by atoms with E-state index in [0.717, 1.165) is 48.7 Å². The number of carbonyl (C=O) groups is 1. The Hall–Kier alpha value is -2.88. The van der Waals surface area contributed by atoms with Gasteiger partial charge >= 0.3 is 6.03 Å². The first-order valence-corrected chi connectivity index (χ1v) is 9.70. The predicted molar refractivity (Wildman–Crippen MR) is 110 cm³/mol. The van der Waals surface area contributed by atoms with Gasteiger partial charge in [0, 0.05) is 10.9 Å². The molecular formula is C23H25N3O. The lowest BCUT2D eigenvalue weighted by Crippen LogP contribution is -2.52. The second-order valence-electron chi connectivity index (χ2n) is 7.50. The molecule has 1 heterocycles. The van der Waals surface area contributed by atoms with Gasteiger partial charge < -0.3 is 10.6 Å². The van der Waals surface area contributed by atoms with E-state index in [1.54, 1.807) is 6.20 Å². The summed E-state index contributed by atoms with van der Waals surface area (Å²) in [4.78, 5) is 17.2. The lowest BCUT2D eigenvalue weighted by molar-refractivity contribution is 0.211. The molecule has 2 amide bonds. The third kappa shape index (κ3) is 4.27. The Labute approximate surface area is 160 Å². The molecule has 0 bridgehead atoms. The zero-order valence-electron chi connectivity index (χ0n) is 15.4. The summed E-state index contributed by atoms with van der Waals surface area (Å²) >= 11 is 0. The minimum atomic E-state index is -0.173. The van der Waals surface area contributed by atoms with Crippen LogP contribution in [0.2, 0.25) is 0 Å². The van der Waals surface area contributed by atoms with Crippen LogP contribution in [0.3, 0.4) is 0 Å². The maximum atomic E-state index is 12.8. The lowest BCUT2D eigenvalue weighted by Gasteiger charge is -2.38. The molecule has 4 nitrogen and oxygen atoms in total. The Kier molecular flexibility index (Phi) is 5.05. The molecular weight excluding hydrogens is 334 g/mol. The summed E-state index contributed by atoms with van der Waals surface area (Å²) in [6, 6.07) is 20.2. The number of nitrogens with one attached hydrogen (secondary N) is 2. The highest BCUT2D eigenvalue weighted by atomic mass is 16.2. The standard InChI is InChI=1S/C23H25N3O/c27-22(25-20-15-19-11-5-6-12-21(19)24-17-20)26-23(13-7-2-8-14-23)16-18-9-3-1-4-10-18/h1,3-6,9-12,15,17H,2,7-8,13-14,16H2,(H2,25,26,27). The molecule has 0 radical (unpaired) electrons. The Morgan fingerprint density at radius 3 is 2.52 bits per heavy atom. The molecule has 3 aromatic rings. The van der Waals surface area contributed by atoms with Crippen molar-refractivity contribution in [2.45, 2.75) is 44.1 Å². The minimum Gasteiger partial charge on any atom is -0.332 e. The highest BCUT2D eigenvalue weighted by Crippen LogP contribution is 2.31. The van der Waals surface area contributed by atoms with Gasteiger partial charge in [0.2, 0.25) is 0 Å². The van der Waals surface area contributed by atoms with Crippen LogP contribution in [0.15, 0.2) is 66.9 Å². The summed E-state index contributed by atoms with van der Waals surface area (Å²) in [5, 5.41) is 7.30. The number of rotatable bonds is 4. The Morgan fingerprint density at radius 2 is 1.70 bits per heavy atom. The number of amides is 2. The molecule has 27 heavy (non-hydrogen) atoms. The Morgan fingerprint density at radius 1 is 0.963 bits per heavy atom. The molecule has 1 aliphatic rings. The van der Waals surface area contributed by atoms with Crippen molar-refractivity contribution in [1.29, 1.82) is 0 Å². The van der Waals surface area contributed by atoms with Gasteiger partial charge in [-0.05, 0) is 37.0 Å². The Bertz CT molecular complexity index is 917. The molecule has 0 spiro atoms.